The van der Waals surface area contributed by atoms with Gasteiger partial charge in [0, 0.05) is 29.2 Å². The number of aryl methyl sites for hydroxylation is 1. The first-order valence-electron chi connectivity index (χ1n) is 11.1. The molecule has 1 aliphatic heterocycles. The van der Waals surface area contributed by atoms with Gasteiger partial charge < -0.3 is 34.5 Å². The van der Waals surface area contributed by atoms with E-state index < -0.39 is 37.1 Å². The molecule has 4 N–H and O–H groups in total. The smallest absolute Gasteiger partial charge is 0.119 e. The standard InChI is InChI=1S/C25H31NO6/c1-3-15-7-10-20-18(11-15)19(25-24(30)23(29)22(28)21(14-27)32-25)13-26(20)12-16-5-8-17(9-6-16)31-4-2/h5-11,13,21-25,27-30H,3-4,12,14H2,1-2H3/t21-,22-,23+,24-,25+/m1/s1. The monoisotopic (exact) mass is 441 g/mol. The van der Waals surface area contributed by atoms with Gasteiger partial charge in [-0.15, -0.1) is 0 Å². The third-order valence-electron chi connectivity index (χ3n) is 6.17. The molecule has 2 aromatic carbocycles. The van der Waals surface area contributed by atoms with Crippen LogP contribution in [0, 0.1) is 0 Å². The molecule has 0 spiro atoms. The summed E-state index contributed by atoms with van der Waals surface area (Å²) < 4.78 is 13.5. The van der Waals surface area contributed by atoms with Crippen molar-refractivity contribution in [3.63, 3.8) is 0 Å². The van der Waals surface area contributed by atoms with Crippen LogP contribution in [0.2, 0.25) is 0 Å². The van der Waals surface area contributed by atoms with Crippen molar-refractivity contribution < 1.29 is 29.9 Å². The zero-order valence-corrected chi connectivity index (χ0v) is 18.4. The van der Waals surface area contributed by atoms with E-state index in [9.17, 15) is 20.4 Å². The molecule has 4 rings (SSSR count). The normalized spacial score (nSPS) is 25.9. The van der Waals surface area contributed by atoms with Crippen LogP contribution < -0.4 is 4.74 Å². The van der Waals surface area contributed by atoms with E-state index in [4.69, 9.17) is 9.47 Å². The van der Waals surface area contributed by atoms with Gasteiger partial charge in [0.25, 0.3) is 0 Å². The molecule has 2 heterocycles. The molecule has 1 fully saturated rings. The number of rotatable bonds is 7. The summed E-state index contributed by atoms with van der Waals surface area (Å²) in [4.78, 5) is 0. The summed E-state index contributed by atoms with van der Waals surface area (Å²) in [5.74, 6) is 0.822. The number of aromatic nitrogens is 1. The van der Waals surface area contributed by atoms with Gasteiger partial charge in [0.2, 0.25) is 0 Å². The van der Waals surface area contributed by atoms with Crippen molar-refractivity contribution in [2.24, 2.45) is 0 Å². The lowest BCUT2D eigenvalue weighted by Gasteiger charge is -2.40. The van der Waals surface area contributed by atoms with E-state index in [0.717, 1.165) is 39.8 Å². The minimum atomic E-state index is -1.41. The van der Waals surface area contributed by atoms with Crippen LogP contribution in [0.4, 0.5) is 0 Å². The van der Waals surface area contributed by atoms with Gasteiger partial charge in [-0.25, -0.2) is 0 Å². The molecule has 0 amide bonds. The van der Waals surface area contributed by atoms with E-state index in [1.165, 1.54) is 0 Å². The maximum absolute atomic E-state index is 10.7. The molecule has 1 aliphatic rings. The number of aliphatic hydroxyl groups excluding tert-OH is 4. The highest BCUT2D eigenvalue weighted by atomic mass is 16.5. The molecular weight excluding hydrogens is 410 g/mol. The molecule has 0 bridgehead atoms. The maximum Gasteiger partial charge on any atom is 0.119 e. The first kappa shape index (κ1) is 22.8. The second-order valence-corrected chi connectivity index (χ2v) is 8.24. The van der Waals surface area contributed by atoms with Crippen LogP contribution in [-0.2, 0) is 17.7 Å². The average molecular weight is 442 g/mol. The lowest BCUT2D eigenvalue weighted by Crippen LogP contribution is -2.55. The van der Waals surface area contributed by atoms with Crippen molar-refractivity contribution >= 4 is 10.9 Å². The number of benzene rings is 2. The van der Waals surface area contributed by atoms with E-state index >= 15 is 0 Å². The van der Waals surface area contributed by atoms with Crippen LogP contribution >= 0.6 is 0 Å². The number of hydrogen-bond acceptors (Lipinski definition) is 6. The quantitative estimate of drug-likeness (QED) is 0.448. The molecule has 32 heavy (non-hydrogen) atoms. The van der Waals surface area contributed by atoms with Crippen LogP contribution in [0.1, 0.15) is 36.6 Å². The Kier molecular flexibility index (Phi) is 6.83. The number of nitrogens with zero attached hydrogens (tertiary/aromatic N) is 1. The summed E-state index contributed by atoms with van der Waals surface area (Å²) >= 11 is 0. The highest BCUT2D eigenvalue weighted by molar-refractivity contribution is 5.85. The van der Waals surface area contributed by atoms with Crippen LogP contribution in [0.25, 0.3) is 10.9 Å². The lowest BCUT2D eigenvalue weighted by atomic mass is 9.91. The van der Waals surface area contributed by atoms with Gasteiger partial charge in [0.1, 0.15) is 36.3 Å². The van der Waals surface area contributed by atoms with Crippen molar-refractivity contribution in [3.8, 4) is 5.75 Å². The van der Waals surface area contributed by atoms with Gasteiger partial charge in [0.05, 0.1) is 13.2 Å². The Morgan fingerprint density at radius 1 is 0.938 bits per heavy atom. The van der Waals surface area contributed by atoms with Gasteiger partial charge in [-0.2, -0.15) is 0 Å². The highest BCUT2D eigenvalue weighted by Gasteiger charge is 2.44. The maximum atomic E-state index is 10.7. The van der Waals surface area contributed by atoms with Gasteiger partial charge in [-0.1, -0.05) is 25.1 Å². The fraction of sp³-hybridized carbons (Fsp3) is 0.440. The third-order valence-corrected chi connectivity index (χ3v) is 6.17. The lowest BCUT2D eigenvalue weighted by molar-refractivity contribution is -0.231. The van der Waals surface area contributed by atoms with Crippen molar-refractivity contribution in [3.05, 3.63) is 65.4 Å². The summed E-state index contributed by atoms with van der Waals surface area (Å²) in [5, 5.41) is 41.7. The van der Waals surface area contributed by atoms with Gasteiger partial charge in [-0.3, -0.25) is 0 Å². The zero-order chi connectivity index (χ0) is 22.8. The van der Waals surface area contributed by atoms with Crippen LogP contribution in [0.15, 0.2) is 48.7 Å². The summed E-state index contributed by atoms with van der Waals surface area (Å²) in [6.45, 7) is 4.79. The molecule has 1 aromatic heterocycles. The number of fused-ring (bicyclic) bond motifs is 1. The number of ether oxygens (including phenoxy) is 2. The Bertz CT molecular complexity index is 1040. The molecule has 1 saturated heterocycles. The van der Waals surface area contributed by atoms with E-state index in [2.05, 4.69) is 29.7 Å². The Labute approximate surface area is 187 Å². The predicted molar refractivity (Wildman–Crippen MR) is 121 cm³/mol. The molecule has 0 radical (unpaired) electrons. The summed E-state index contributed by atoms with van der Waals surface area (Å²) in [6.07, 6.45) is -3.15. The van der Waals surface area contributed by atoms with Crippen molar-refractivity contribution in [2.75, 3.05) is 13.2 Å². The first-order chi connectivity index (χ1) is 15.5. The Balaban J connectivity index is 1.74. The Hall–Kier alpha value is -2.42. The summed E-state index contributed by atoms with van der Waals surface area (Å²) in [6, 6.07) is 14.1. The van der Waals surface area contributed by atoms with Crippen molar-refractivity contribution in [1.82, 2.24) is 4.57 Å². The zero-order valence-electron chi connectivity index (χ0n) is 18.4. The summed E-state index contributed by atoms with van der Waals surface area (Å²) in [7, 11) is 0. The molecule has 172 valence electrons. The number of aliphatic hydroxyl groups is 4. The van der Waals surface area contributed by atoms with Gasteiger partial charge in [0.15, 0.2) is 0 Å². The Morgan fingerprint density at radius 3 is 2.31 bits per heavy atom. The van der Waals surface area contributed by atoms with E-state index in [1.54, 1.807) is 0 Å². The van der Waals surface area contributed by atoms with Gasteiger partial charge >= 0.3 is 0 Å². The van der Waals surface area contributed by atoms with Crippen LogP contribution in [-0.4, -0.2) is 62.6 Å². The first-order valence-corrected chi connectivity index (χ1v) is 11.1. The second kappa shape index (κ2) is 9.60. The molecule has 7 heteroatoms. The molecule has 0 unspecified atom stereocenters. The minimum absolute atomic E-state index is 0.452. The van der Waals surface area contributed by atoms with E-state index in [-0.39, 0.29) is 0 Å². The topological polar surface area (TPSA) is 104 Å². The molecular formula is C25H31NO6. The molecule has 7 nitrogen and oxygen atoms in total. The fourth-order valence-electron chi connectivity index (χ4n) is 4.36. The van der Waals surface area contributed by atoms with E-state index in [0.29, 0.717) is 13.2 Å². The van der Waals surface area contributed by atoms with Crippen molar-refractivity contribution in [2.45, 2.75) is 57.3 Å². The minimum Gasteiger partial charge on any atom is -0.494 e. The largest absolute Gasteiger partial charge is 0.494 e. The van der Waals surface area contributed by atoms with E-state index in [1.807, 2.05) is 37.4 Å². The summed E-state index contributed by atoms with van der Waals surface area (Å²) in [5.41, 5.74) is 3.92. The molecule has 0 aliphatic carbocycles. The molecule has 5 atom stereocenters. The van der Waals surface area contributed by atoms with Crippen LogP contribution in [0.5, 0.6) is 5.75 Å². The third kappa shape index (κ3) is 4.27. The average Bonchev–Trinajstić information content (AvgIpc) is 3.16. The second-order valence-electron chi connectivity index (χ2n) is 8.24. The van der Waals surface area contributed by atoms with Gasteiger partial charge in [-0.05, 0) is 48.7 Å². The molecule has 3 aromatic rings. The van der Waals surface area contributed by atoms with Crippen molar-refractivity contribution in [1.29, 1.82) is 0 Å². The SMILES string of the molecule is CCOc1ccc(Cn2cc([C@@H]3O[C@H](CO)[C@@H](O)[C@H](O)[C@H]3O)c3cc(CC)ccc32)cc1. The molecule has 0 saturated carbocycles. The van der Waals surface area contributed by atoms with Crippen LogP contribution in [0.3, 0.4) is 0 Å². The predicted octanol–water partition coefficient (Wildman–Crippen LogP) is 2.17. The fourth-order valence-corrected chi connectivity index (χ4v) is 4.36. The Morgan fingerprint density at radius 2 is 1.66 bits per heavy atom. The number of hydrogen-bond donors (Lipinski definition) is 4. The highest BCUT2D eigenvalue weighted by Crippen LogP contribution is 2.37.